The summed E-state index contributed by atoms with van der Waals surface area (Å²) in [6.07, 6.45) is -0.566. The summed E-state index contributed by atoms with van der Waals surface area (Å²) in [5.41, 5.74) is 0.353. The first-order valence-corrected chi connectivity index (χ1v) is 5.88. The van der Waals surface area contributed by atoms with Crippen LogP contribution in [0.3, 0.4) is 0 Å². The van der Waals surface area contributed by atoms with Crippen molar-refractivity contribution in [2.24, 2.45) is 5.92 Å². The number of hydrogen-bond acceptors (Lipinski definition) is 4. The molecule has 1 aromatic carbocycles. The van der Waals surface area contributed by atoms with Crippen molar-refractivity contribution in [1.29, 1.82) is 0 Å². The molecule has 0 N–H and O–H groups in total. The molecule has 0 amide bonds. The van der Waals surface area contributed by atoms with Crippen molar-refractivity contribution in [3.63, 3.8) is 0 Å². The van der Waals surface area contributed by atoms with Gasteiger partial charge in [0.2, 0.25) is 0 Å². The van der Waals surface area contributed by atoms with Crippen molar-refractivity contribution >= 4 is 23.5 Å². The second kappa shape index (κ2) is 6.40. The van der Waals surface area contributed by atoms with Crippen LogP contribution in [0.5, 0.6) is 0 Å². The molecule has 0 saturated carbocycles. The highest BCUT2D eigenvalue weighted by molar-refractivity contribution is 6.30. The van der Waals surface area contributed by atoms with Gasteiger partial charge in [-0.3, -0.25) is 4.79 Å². The highest BCUT2D eigenvalue weighted by Crippen LogP contribution is 2.15. The molecule has 0 fully saturated rings. The molecule has 2 atom stereocenters. The standard InChI is InChI=1S/C13H15ClO4/c1-8(12(15)17-3)9(2)18-13(16)10-5-4-6-11(14)7-10/h4-9H,1-3H3/t8-,9-/m1/s1. The molecular weight excluding hydrogens is 256 g/mol. The highest BCUT2D eigenvalue weighted by atomic mass is 35.5. The molecule has 1 rings (SSSR count). The summed E-state index contributed by atoms with van der Waals surface area (Å²) < 4.78 is 9.77. The minimum Gasteiger partial charge on any atom is -0.469 e. The van der Waals surface area contributed by atoms with Gasteiger partial charge in [0.25, 0.3) is 0 Å². The number of halogens is 1. The van der Waals surface area contributed by atoms with Crippen molar-refractivity contribution in [2.45, 2.75) is 20.0 Å². The summed E-state index contributed by atoms with van der Waals surface area (Å²) in [7, 11) is 1.30. The van der Waals surface area contributed by atoms with E-state index < -0.39 is 24.0 Å². The van der Waals surface area contributed by atoms with Crippen LogP contribution < -0.4 is 0 Å². The lowest BCUT2D eigenvalue weighted by molar-refractivity contribution is -0.148. The molecule has 0 spiro atoms. The lowest BCUT2D eigenvalue weighted by Gasteiger charge is -2.18. The molecule has 1 aromatic rings. The molecule has 0 aliphatic heterocycles. The molecule has 0 bridgehead atoms. The monoisotopic (exact) mass is 270 g/mol. The van der Waals surface area contributed by atoms with Gasteiger partial charge < -0.3 is 9.47 Å². The van der Waals surface area contributed by atoms with Crippen molar-refractivity contribution in [3.05, 3.63) is 34.9 Å². The number of hydrogen-bond donors (Lipinski definition) is 0. The van der Waals surface area contributed by atoms with Crippen LogP contribution in [0.25, 0.3) is 0 Å². The Morgan fingerprint density at radius 3 is 2.50 bits per heavy atom. The van der Waals surface area contributed by atoms with Gasteiger partial charge >= 0.3 is 11.9 Å². The Labute approximate surface area is 111 Å². The molecule has 0 radical (unpaired) electrons. The fraction of sp³-hybridized carbons (Fsp3) is 0.385. The van der Waals surface area contributed by atoms with E-state index in [1.807, 2.05) is 0 Å². The van der Waals surface area contributed by atoms with Crippen molar-refractivity contribution in [2.75, 3.05) is 7.11 Å². The normalized spacial score (nSPS) is 13.6. The van der Waals surface area contributed by atoms with Crippen LogP contribution in [0.4, 0.5) is 0 Å². The first-order valence-electron chi connectivity index (χ1n) is 5.50. The number of ether oxygens (including phenoxy) is 2. The Balaban J connectivity index is 2.68. The molecule has 0 saturated heterocycles. The van der Waals surface area contributed by atoms with Crippen LogP contribution in [-0.4, -0.2) is 25.2 Å². The van der Waals surface area contributed by atoms with E-state index in [0.29, 0.717) is 10.6 Å². The molecule has 0 aromatic heterocycles. The summed E-state index contributed by atoms with van der Waals surface area (Å²) in [4.78, 5) is 23.1. The summed E-state index contributed by atoms with van der Waals surface area (Å²) >= 11 is 5.78. The van der Waals surface area contributed by atoms with E-state index in [-0.39, 0.29) is 0 Å². The Kier molecular flexibility index (Phi) is 5.16. The summed E-state index contributed by atoms with van der Waals surface area (Å²) in [6.45, 7) is 3.28. The number of carbonyl (C=O) groups is 2. The summed E-state index contributed by atoms with van der Waals surface area (Å²) in [5, 5.41) is 0.457. The van der Waals surface area contributed by atoms with E-state index in [1.165, 1.54) is 13.2 Å². The molecule has 4 nitrogen and oxygen atoms in total. The quantitative estimate of drug-likeness (QED) is 0.790. The van der Waals surface area contributed by atoms with Crippen LogP contribution in [0.15, 0.2) is 24.3 Å². The van der Waals surface area contributed by atoms with Gasteiger partial charge in [-0.1, -0.05) is 17.7 Å². The smallest absolute Gasteiger partial charge is 0.338 e. The Morgan fingerprint density at radius 2 is 1.94 bits per heavy atom. The maximum Gasteiger partial charge on any atom is 0.338 e. The second-order valence-corrected chi connectivity index (χ2v) is 4.37. The number of esters is 2. The number of methoxy groups -OCH3 is 1. The van der Waals surface area contributed by atoms with E-state index in [0.717, 1.165) is 0 Å². The average molecular weight is 271 g/mol. The van der Waals surface area contributed by atoms with Gasteiger partial charge in [0, 0.05) is 5.02 Å². The SMILES string of the molecule is COC(=O)[C@H](C)[C@@H](C)OC(=O)c1cccc(Cl)c1. The minimum absolute atomic E-state index is 0.353. The predicted octanol–water partition coefficient (Wildman–Crippen LogP) is 2.69. The second-order valence-electron chi connectivity index (χ2n) is 3.93. The predicted molar refractivity (Wildman–Crippen MR) is 67.5 cm³/mol. The minimum atomic E-state index is -0.566. The van der Waals surface area contributed by atoms with E-state index in [1.54, 1.807) is 32.0 Å². The molecule has 5 heteroatoms. The molecule has 0 heterocycles. The summed E-state index contributed by atoms with van der Waals surface area (Å²) in [5.74, 6) is -1.44. The van der Waals surface area contributed by atoms with Gasteiger partial charge in [0.15, 0.2) is 0 Å². The van der Waals surface area contributed by atoms with Crippen LogP contribution in [0.1, 0.15) is 24.2 Å². The van der Waals surface area contributed by atoms with Crippen LogP contribution in [0, 0.1) is 5.92 Å². The first-order chi connectivity index (χ1) is 8.45. The lowest BCUT2D eigenvalue weighted by atomic mass is 10.1. The zero-order chi connectivity index (χ0) is 13.7. The van der Waals surface area contributed by atoms with E-state index in [2.05, 4.69) is 4.74 Å². The van der Waals surface area contributed by atoms with Gasteiger partial charge in [-0.2, -0.15) is 0 Å². The van der Waals surface area contributed by atoms with E-state index in [9.17, 15) is 9.59 Å². The fourth-order valence-electron chi connectivity index (χ4n) is 1.33. The van der Waals surface area contributed by atoms with Crippen LogP contribution >= 0.6 is 11.6 Å². The van der Waals surface area contributed by atoms with Gasteiger partial charge in [-0.05, 0) is 32.0 Å². The Bertz CT molecular complexity index is 444. The van der Waals surface area contributed by atoms with Gasteiger partial charge in [-0.25, -0.2) is 4.79 Å². The van der Waals surface area contributed by atoms with Gasteiger partial charge in [0.1, 0.15) is 6.10 Å². The number of benzene rings is 1. The van der Waals surface area contributed by atoms with Crippen LogP contribution in [0.2, 0.25) is 5.02 Å². The average Bonchev–Trinajstić information content (AvgIpc) is 2.36. The lowest BCUT2D eigenvalue weighted by Crippen LogP contribution is -2.29. The Hall–Kier alpha value is -1.55. The molecule has 0 aliphatic rings. The molecule has 98 valence electrons. The van der Waals surface area contributed by atoms with Gasteiger partial charge in [0.05, 0.1) is 18.6 Å². The third-order valence-corrected chi connectivity index (χ3v) is 2.87. The van der Waals surface area contributed by atoms with E-state index in [4.69, 9.17) is 16.3 Å². The van der Waals surface area contributed by atoms with Crippen molar-refractivity contribution < 1.29 is 19.1 Å². The molecule has 18 heavy (non-hydrogen) atoms. The Morgan fingerprint density at radius 1 is 1.28 bits per heavy atom. The molecule has 0 aliphatic carbocycles. The highest BCUT2D eigenvalue weighted by Gasteiger charge is 2.24. The van der Waals surface area contributed by atoms with Crippen molar-refractivity contribution in [1.82, 2.24) is 0 Å². The maximum atomic E-state index is 11.8. The molecular formula is C13H15ClO4. The molecule has 0 unspecified atom stereocenters. The third kappa shape index (κ3) is 3.74. The maximum absolute atomic E-state index is 11.8. The zero-order valence-electron chi connectivity index (χ0n) is 10.5. The zero-order valence-corrected chi connectivity index (χ0v) is 11.2. The largest absolute Gasteiger partial charge is 0.469 e. The van der Waals surface area contributed by atoms with Crippen molar-refractivity contribution in [3.8, 4) is 0 Å². The first kappa shape index (κ1) is 14.5. The third-order valence-electron chi connectivity index (χ3n) is 2.63. The topological polar surface area (TPSA) is 52.6 Å². The van der Waals surface area contributed by atoms with E-state index >= 15 is 0 Å². The number of carbonyl (C=O) groups excluding carboxylic acids is 2. The number of rotatable bonds is 4. The van der Waals surface area contributed by atoms with Crippen LogP contribution in [-0.2, 0) is 14.3 Å². The summed E-state index contributed by atoms with van der Waals surface area (Å²) in [6, 6.07) is 6.44. The fourth-order valence-corrected chi connectivity index (χ4v) is 1.52. The van der Waals surface area contributed by atoms with Gasteiger partial charge in [-0.15, -0.1) is 0 Å².